The van der Waals surface area contributed by atoms with Gasteiger partial charge in [0.05, 0.1) is 29.8 Å². The van der Waals surface area contributed by atoms with Gasteiger partial charge in [-0.25, -0.2) is 0 Å². The van der Waals surface area contributed by atoms with Crippen LogP contribution in [-0.2, 0) is 0 Å². The van der Waals surface area contributed by atoms with Gasteiger partial charge in [0.25, 0.3) is 5.91 Å². The number of aromatic amines is 1. The summed E-state index contributed by atoms with van der Waals surface area (Å²) in [5, 5.41) is 18.0. The number of amides is 1. The van der Waals surface area contributed by atoms with Gasteiger partial charge in [-0.1, -0.05) is 24.3 Å². The zero-order valence-corrected chi connectivity index (χ0v) is 17.3. The van der Waals surface area contributed by atoms with Crippen LogP contribution in [0.3, 0.4) is 0 Å². The van der Waals surface area contributed by atoms with Crippen molar-refractivity contribution in [2.24, 2.45) is 4.99 Å². The monoisotopic (exact) mass is 424 g/mol. The van der Waals surface area contributed by atoms with Crippen LogP contribution in [0, 0.1) is 0 Å². The van der Waals surface area contributed by atoms with Crippen molar-refractivity contribution < 1.29 is 9.53 Å². The Morgan fingerprint density at radius 3 is 2.75 bits per heavy atom. The van der Waals surface area contributed by atoms with Crippen molar-refractivity contribution in [3.63, 3.8) is 0 Å². The van der Waals surface area contributed by atoms with E-state index in [9.17, 15) is 4.79 Å². The number of anilines is 1. The molecule has 2 aromatic carbocycles. The minimum atomic E-state index is -0.341. The number of aliphatic imine (C=N–C) groups is 1. The first-order valence-corrected chi connectivity index (χ1v) is 9.78. The summed E-state index contributed by atoms with van der Waals surface area (Å²) >= 11 is 0. The molecule has 8 nitrogen and oxygen atoms in total. The van der Waals surface area contributed by atoms with E-state index in [-0.39, 0.29) is 11.6 Å². The maximum absolute atomic E-state index is 12.7. The van der Waals surface area contributed by atoms with Crippen LogP contribution in [0.1, 0.15) is 23.0 Å². The Hall–Kier alpha value is -4.59. The van der Waals surface area contributed by atoms with E-state index in [0.29, 0.717) is 22.6 Å². The molecular formula is C24H20N6O2. The fourth-order valence-electron chi connectivity index (χ4n) is 3.09. The molecule has 0 aliphatic carbocycles. The lowest BCUT2D eigenvalue weighted by molar-refractivity contribution is 0.102. The molecule has 2 heterocycles. The Kier molecular flexibility index (Phi) is 6.12. The van der Waals surface area contributed by atoms with Gasteiger partial charge in [-0.15, -0.1) is 0 Å². The van der Waals surface area contributed by atoms with Gasteiger partial charge in [-0.3, -0.25) is 14.9 Å². The summed E-state index contributed by atoms with van der Waals surface area (Å²) in [6.45, 7) is 5.47. The highest BCUT2D eigenvalue weighted by molar-refractivity contribution is 6.11. The van der Waals surface area contributed by atoms with Gasteiger partial charge >= 0.3 is 0 Å². The number of benzene rings is 2. The summed E-state index contributed by atoms with van der Waals surface area (Å²) in [4.78, 5) is 16.6. The minimum absolute atomic E-state index is 0.288. The number of nitrogens with one attached hydrogen (secondary N) is 2. The maximum atomic E-state index is 12.7. The van der Waals surface area contributed by atoms with E-state index < -0.39 is 0 Å². The number of rotatable bonds is 7. The largest absolute Gasteiger partial charge is 0.456 e. The van der Waals surface area contributed by atoms with Gasteiger partial charge in [-0.2, -0.15) is 15.3 Å². The number of ether oxygens (including phenoxy) is 1. The number of nitrogens with zero attached hydrogens (tertiary/aromatic N) is 4. The SMILES string of the molecule is C=N/C=C(\C=C(/C)c1ccc2[nH]nc(C(=O)Nc3ccnnc3)c2c1)Oc1ccccc1. The van der Waals surface area contributed by atoms with Crippen molar-refractivity contribution in [3.8, 4) is 5.75 Å². The number of carbonyl (C=O) groups is 1. The molecule has 1 amide bonds. The Balaban J connectivity index is 1.62. The van der Waals surface area contributed by atoms with E-state index >= 15 is 0 Å². The van der Waals surface area contributed by atoms with E-state index in [4.69, 9.17) is 4.74 Å². The summed E-state index contributed by atoms with van der Waals surface area (Å²) in [5.74, 6) is 0.896. The quantitative estimate of drug-likeness (QED) is 0.256. The van der Waals surface area contributed by atoms with E-state index in [0.717, 1.165) is 16.7 Å². The third kappa shape index (κ3) is 4.76. The van der Waals surface area contributed by atoms with E-state index in [1.807, 2.05) is 61.5 Å². The fraction of sp³-hybridized carbons (Fsp3) is 0.0417. The van der Waals surface area contributed by atoms with Crippen LogP contribution in [0.15, 0.2) is 90.0 Å². The summed E-state index contributed by atoms with van der Waals surface area (Å²) < 4.78 is 5.91. The van der Waals surface area contributed by atoms with Crippen molar-refractivity contribution in [1.82, 2.24) is 20.4 Å². The Bertz CT molecular complexity index is 1310. The molecular weight excluding hydrogens is 404 g/mol. The van der Waals surface area contributed by atoms with Crippen molar-refractivity contribution in [3.05, 3.63) is 96.3 Å². The first-order chi connectivity index (χ1) is 15.6. The van der Waals surface area contributed by atoms with Crippen molar-refractivity contribution >= 4 is 34.8 Å². The van der Waals surface area contributed by atoms with Gasteiger partial charge in [0.15, 0.2) is 5.69 Å². The summed E-state index contributed by atoms with van der Waals surface area (Å²) in [6.07, 6.45) is 6.39. The molecule has 0 aliphatic rings. The van der Waals surface area contributed by atoms with Crippen LogP contribution in [0.5, 0.6) is 5.75 Å². The second-order valence-corrected chi connectivity index (χ2v) is 6.87. The fourth-order valence-corrected chi connectivity index (χ4v) is 3.09. The highest BCUT2D eigenvalue weighted by Crippen LogP contribution is 2.25. The third-order valence-electron chi connectivity index (χ3n) is 4.63. The average Bonchev–Trinajstić information content (AvgIpc) is 3.24. The van der Waals surface area contributed by atoms with Crippen molar-refractivity contribution in [2.45, 2.75) is 6.92 Å². The predicted molar refractivity (Wildman–Crippen MR) is 124 cm³/mol. The molecule has 0 bridgehead atoms. The highest BCUT2D eigenvalue weighted by Gasteiger charge is 2.15. The van der Waals surface area contributed by atoms with Crippen LogP contribution in [0.2, 0.25) is 0 Å². The topological polar surface area (TPSA) is 105 Å². The zero-order valence-electron chi connectivity index (χ0n) is 17.3. The van der Waals surface area contributed by atoms with Crippen LogP contribution in [-0.4, -0.2) is 33.0 Å². The smallest absolute Gasteiger partial charge is 0.276 e. The molecule has 0 unspecified atom stereocenters. The lowest BCUT2D eigenvalue weighted by Crippen LogP contribution is -2.13. The second-order valence-electron chi connectivity index (χ2n) is 6.87. The Morgan fingerprint density at radius 1 is 1.16 bits per heavy atom. The number of aromatic nitrogens is 4. The van der Waals surface area contributed by atoms with Crippen LogP contribution in [0.4, 0.5) is 5.69 Å². The van der Waals surface area contributed by atoms with Crippen LogP contribution >= 0.6 is 0 Å². The molecule has 0 saturated heterocycles. The number of allylic oxidation sites excluding steroid dienone is 2. The average molecular weight is 424 g/mol. The molecule has 0 radical (unpaired) electrons. The van der Waals surface area contributed by atoms with Gasteiger partial charge in [0.2, 0.25) is 0 Å². The van der Waals surface area contributed by atoms with Crippen LogP contribution < -0.4 is 10.1 Å². The molecule has 158 valence electrons. The molecule has 0 fully saturated rings. The van der Waals surface area contributed by atoms with Gasteiger partial charge in [0.1, 0.15) is 11.5 Å². The number of hydrogen-bond donors (Lipinski definition) is 2. The Labute approximate surface area is 184 Å². The second kappa shape index (κ2) is 9.48. The molecule has 8 heteroatoms. The highest BCUT2D eigenvalue weighted by atomic mass is 16.5. The lowest BCUT2D eigenvalue weighted by Gasteiger charge is -2.08. The molecule has 0 aliphatic heterocycles. The number of fused-ring (bicyclic) bond motifs is 1. The molecule has 4 rings (SSSR count). The summed E-state index contributed by atoms with van der Waals surface area (Å²) in [5.41, 5.74) is 3.41. The van der Waals surface area contributed by atoms with Gasteiger partial charge in [0, 0.05) is 5.39 Å². The molecule has 4 aromatic rings. The summed E-state index contributed by atoms with van der Waals surface area (Å²) in [6, 6.07) is 16.8. The molecule has 0 atom stereocenters. The van der Waals surface area contributed by atoms with Crippen molar-refractivity contribution in [1.29, 1.82) is 0 Å². The molecule has 2 N–H and O–H groups in total. The maximum Gasteiger partial charge on any atom is 0.276 e. The number of hydrogen-bond acceptors (Lipinski definition) is 6. The minimum Gasteiger partial charge on any atom is -0.456 e. The van der Waals surface area contributed by atoms with Gasteiger partial charge in [-0.05, 0) is 61.2 Å². The molecule has 0 spiro atoms. The predicted octanol–water partition coefficient (Wildman–Crippen LogP) is 4.63. The van der Waals surface area contributed by atoms with E-state index in [1.54, 1.807) is 12.3 Å². The van der Waals surface area contributed by atoms with Crippen LogP contribution in [0.25, 0.3) is 16.5 Å². The Morgan fingerprint density at radius 2 is 2.00 bits per heavy atom. The first kappa shape index (κ1) is 20.7. The molecule has 2 aromatic heterocycles. The molecule has 0 saturated carbocycles. The number of H-pyrrole nitrogens is 1. The first-order valence-electron chi connectivity index (χ1n) is 9.78. The van der Waals surface area contributed by atoms with E-state index in [1.165, 1.54) is 12.4 Å². The number of para-hydroxylation sites is 1. The number of carbonyl (C=O) groups excluding carboxylic acids is 1. The lowest BCUT2D eigenvalue weighted by atomic mass is 10.0. The van der Waals surface area contributed by atoms with Crippen molar-refractivity contribution in [2.75, 3.05) is 5.32 Å². The standard InChI is InChI=1S/C24H20N6O2/c1-16(12-20(15-25-2)32-19-6-4-3-5-7-19)17-8-9-22-21(13-17)23(30-29-22)24(31)28-18-10-11-26-27-14-18/h3-15H,2H2,1H3,(H,29,30)(H,26,28,31)/b16-12+,20-15+. The zero-order chi connectivity index (χ0) is 22.3. The van der Waals surface area contributed by atoms with Gasteiger partial charge < -0.3 is 10.1 Å². The van der Waals surface area contributed by atoms with E-state index in [2.05, 4.69) is 37.4 Å². The summed E-state index contributed by atoms with van der Waals surface area (Å²) in [7, 11) is 0. The molecule has 32 heavy (non-hydrogen) atoms. The third-order valence-corrected chi connectivity index (χ3v) is 4.63. The normalized spacial score (nSPS) is 11.9.